The number of nitrogens with zero attached hydrogens (tertiary/aromatic N) is 1. The summed E-state index contributed by atoms with van der Waals surface area (Å²) in [7, 11) is 2.05. The topological polar surface area (TPSA) is 44.4 Å². The van der Waals surface area contributed by atoms with E-state index in [0.29, 0.717) is 5.92 Å². The number of benzene rings is 2. The van der Waals surface area contributed by atoms with E-state index < -0.39 is 0 Å². The van der Waals surface area contributed by atoms with Crippen molar-refractivity contribution in [2.75, 3.05) is 30.4 Å². The lowest BCUT2D eigenvalue weighted by Crippen LogP contribution is -2.48. The standard InChI is InChI=1S/C20H25N3O/c1-15(17-12-21-13-17)20(24)22-18-10-6-7-11-19(18)23(2)14-16-8-4-3-5-9-16/h3-11,15,17,21H,12-14H2,1-2H3,(H,22,24). The van der Waals surface area contributed by atoms with E-state index in [0.717, 1.165) is 31.0 Å². The summed E-state index contributed by atoms with van der Waals surface area (Å²) in [5.41, 5.74) is 3.16. The molecule has 1 aliphatic rings. The molecule has 0 aliphatic carbocycles. The van der Waals surface area contributed by atoms with Crippen LogP contribution in [0.5, 0.6) is 0 Å². The first-order valence-electron chi connectivity index (χ1n) is 8.51. The van der Waals surface area contributed by atoms with Gasteiger partial charge in [-0.25, -0.2) is 0 Å². The van der Waals surface area contributed by atoms with Crippen LogP contribution in [0.1, 0.15) is 12.5 Å². The minimum Gasteiger partial charge on any atom is -0.369 e. The van der Waals surface area contributed by atoms with Gasteiger partial charge in [-0.05, 0) is 36.7 Å². The molecule has 2 N–H and O–H groups in total. The third-order valence-corrected chi connectivity index (χ3v) is 4.77. The molecule has 2 aromatic rings. The predicted octanol–water partition coefficient (Wildman–Crippen LogP) is 3.12. The van der Waals surface area contributed by atoms with Crippen molar-refractivity contribution in [1.29, 1.82) is 0 Å². The van der Waals surface area contributed by atoms with Gasteiger partial charge in [-0.2, -0.15) is 0 Å². The number of hydrogen-bond acceptors (Lipinski definition) is 3. The van der Waals surface area contributed by atoms with Crippen LogP contribution in [0.2, 0.25) is 0 Å². The van der Waals surface area contributed by atoms with Crippen LogP contribution >= 0.6 is 0 Å². The van der Waals surface area contributed by atoms with Crippen molar-refractivity contribution in [3.05, 3.63) is 60.2 Å². The zero-order valence-electron chi connectivity index (χ0n) is 14.3. The maximum atomic E-state index is 12.5. The van der Waals surface area contributed by atoms with Gasteiger partial charge in [-0.3, -0.25) is 4.79 Å². The molecule has 24 heavy (non-hydrogen) atoms. The van der Waals surface area contributed by atoms with Gasteiger partial charge in [0.2, 0.25) is 5.91 Å². The van der Waals surface area contributed by atoms with Gasteiger partial charge in [-0.15, -0.1) is 0 Å². The Bertz CT molecular complexity index is 682. The first-order chi connectivity index (χ1) is 11.6. The van der Waals surface area contributed by atoms with Crippen LogP contribution in [0.3, 0.4) is 0 Å². The lowest BCUT2D eigenvalue weighted by molar-refractivity contribution is -0.121. The lowest BCUT2D eigenvalue weighted by atomic mass is 9.88. The summed E-state index contributed by atoms with van der Waals surface area (Å²) in [6, 6.07) is 18.3. The molecule has 1 aliphatic heterocycles. The van der Waals surface area contributed by atoms with Gasteiger partial charge in [0.25, 0.3) is 0 Å². The Hall–Kier alpha value is -2.33. The molecule has 1 unspecified atom stereocenters. The van der Waals surface area contributed by atoms with Crippen LogP contribution in [-0.4, -0.2) is 26.0 Å². The summed E-state index contributed by atoms with van der Waals surface area (Å²) in [5, 5.41) is 6.35. The largest absolute Gasteiger partial charge is 0.369 e. The molecular formula is C20H25N3O. The monoisotopic (exact) mass is 323 g/mol. The van der Waals surface area contributed by atoms with E-state index >= 15 is 0 Å². The first kappa shape index (κ1) is 16.5. The SMILES string of the molecule is CC(C(=O)Nc1ccccc1N(C)Cc1ccccc1)C1CNC1. The molecule has 0 aromatic heterocycles. The van der Waals surface area contributed by atoms with E-state index in [9.17, 15) is 4.79 Å². The van der Waals surface area contributed by atoms with Gasteiger partial charge < -0.3 is 15.5 Å². The number of nitrogens with one attached hydrogen (secondary N) is 2. The quantitative estimate of drug-likeness (QED) is 0.858. The third kappa shape index (κ3) is 3.77. The number of carbonyl (C=O) groups excluding carboxylic acids is 1. The average molecular weight is 323 g/mol. The molecule has 1 amide bonds. The summed E-state index contributed by atoms with van der Waals surface area (Å²) >= 11 is 0. The molecule has 1 heterocycles. The highest BCUT2D eigenvalue weighted by molar-refractivity contribution is 5.95. The molecule has 4 nitrogen and oxygen atoms in total. The predicted molar refractivity (Wildman–Crippen MR) is 99.1 cm³/mol. The molecule has 2 aromatic carbocycles. The minimum atomic E-state index is 0.0266. The van der Waals surface area contributed by atoms with Gasteiger partial charge in [0, 0.05) is 19.5 Å². The second-order valence-corrected chi connectivity index (χ2v) is 6.56. The average Bonchev–Trinajstić information content (AvgIpc) is 2.54. The summed E-state index contributed by atoms with van der Waals surface area (Å²) in [6.07, 6.45) is 0. The first-order valence-corrected chi connectivity index (χ1v) is 8.51. The summed E-state index contributed by atoms with van der Waals surface area (Å²) in [6.45, 7) is 4.68. The molecule has 1 atom stereocenters. The van der Waals surface area contributed by atoms with Crippen LogP contribution in [-0.2, 0) is 11.3 Å². The van der Waals surface area contributed by atoms with Gasteiger partial charge in [0.15, 0.2) is 0 Å². The van der Waals surface area contributed by atoms with Crippen molar-refractivity contribution in [1.82, 2.24) is 5.32 Å². The minimum absolute atomic E-state index is 0.0266. The Balaban J connectivity index is 1.71. The molecule has 3 rings (SSSR count). The molecule has 0 spiro atoms. The maximum Gasteiger partial charge on any atom is 0.227 e. The van der Waals surface area contributed by atoms with E-state index in [4.69, 9.17) is 0 Å². The van der Waals surface area contributed by atoms with Gasteiger partial charge >= 0.3 is 0 Å². The Morgan fingerprint density at radius 3 is 2.50 bits per heavy atom. The third-order valence-electron chi connectivity index (χ3n) is 4.77. The van der Waals surface area contributed by atoms with Crippen LogP contribution in [0.25, 0.3) is 0 Å². The zero-order chi connectivity index (χ0) is 16.9. The molecule has 1 saturated heterocycles. The van der Waals surface area contributed by atoms with Crippen LogP contribution in [0.4, 0.5) is 11.4 Å². The highest BCUT2D eigenvalue weighted by Gasteiger charge is 2.29. The highest BCUT2D eigenvalue weighted by atomic mass is 16.1. The van der Waals surface area contributed by atoms with Crippen molar-refractivity contribution in [2.45, 2.75) is 13.5 Å². The summed E-state index contributed by atoms with van der Waals surface area (Å²) in [5.74, 6) is 0.569. The van der Waals surface area contributed by atoms with E-state index in [1.54, 1.807) is 0 Å². The number of hydrogen-bond donors (Lipinski definition) is 2. The number of amides is 1. The van der Waals surface area contributed by atoms with E-state index in [1.807, 2.05) is 49.4 Å². The van der Waals surface area contributed by atoms with E-state index in [-0.39, 0.29) is 11.8 Å². The fourth-order valence-corrected chi connectivity index (χ4v) is 2.98. The van der Waals surface area contributed by atoms with Crippen LogP contribution in [0.15, 0.2) is 54.6 Å². The van der Waals surface area contributed by atoms with Crippen molar-refractivity contribution in [2.24, 2.45) is 11.8 Å². The van der Waals surface area contributed by atoms with Crippen molar-refractivity contribution in [3.8, 4) is 0 Å². The van der Waals surface area contributed by atoms with Crippen LogP contribution in [0, 0.1) is 11.8 Å². The lowest BCUT2D eigenvalue weighted by Gasteiger charge is -2.32. The van der Waals surface area contributed by atoms with E-state index in [1.165, 1.54) is 5.56 Å². The van der Waals surface area contributed by atoms with E-state index in [2.05, 4.69) is 34.7 Å². The number of anilines is 2. The second kappa shape index (κ2) is 7.49. The molecule has 0 bridgehead atoms. The Labute approximate surface area is 143 Å². The van der Waals surface area contributed by atoms with Crippen molar-refractivity contribution < 1.29 is 4.79 Å². The fourth-order valence-electron chi connectivity index (χ4n) is 2.98. The van der Waals surface area contributed by atoms with Gasteiger partial charge in [0.05, 0.1) is 11.4 Å². The zero-order valence-corrected chi connectivity index (χ0v) is 14.3. The Morgan fingerprint density at radius 1 is 1.17 bits per heavy atom. The molecular weight excluding hydrogens is 298 g/mol. The summed E-state index contributed by atoms with van der Waals surface area (Å²) < 4.78 is 0. The number of rotatable bonds is 6. The summed E-state index contributed by atoms with van der Waals surface area (Å²) in [4.78, 5) is 14.7. The molecule has 126 valence electrons. The van der Waals surface area contributed by atoms with Gasteiger partial charge in [-0.1, -0.05) is 49.4 Å². The normalized spacial score (nSPS) is 15.4. The maximum absolute atomic E-state index is 12.5. The second-order valence-electron chi connectivity index (χ2n) is 6.56. The van der Waals surface area contributed by atoms with Crippen molar-refractivity contribution >= 4 is 17.3 Å². The molecule has 1 fully saturated rings. The van der Waals surface area contributed by atoms with Gasteiger partial charge in [0.1, 0.15) is 0 Å². The Kier molecular flexibility index (Phi) is 5.16. The molecule has 0 radical (unpaired) electrons. The smallest absolute Gasteiger partial charge is 0.227 e. The fraction of sp³-hybridized carbons (Fsp3) is 0.350. The molecule has 0 saturated carbocycles. The van der Waals surface area contributed by atoms with Crippen LogP contribution < -0.4 is 15.5 Å². The highest BCUT2D eigenvalue weighted by Crippen LogP contribution is 2.27. The number of para-hydroxylation sites is 2. The molecule has 4 heteroatoms. The number of carbonyl (C=O) groups is 1. The van der Waals surface area contributed by atoms with Crippen molar-refractivity contribution in [3.63, 3.8) is 0 Å². The Morgan fingerprint density at radius 2 is 1.83 bits per heavy atom.